The molecule has 0 unspecified atom stereocenters. The number of pyridine rings is 1. The summed E-state index contributed by atoms with van der Waals surface area (Å²) < 4.78 is 5.88. The summed E-state index contributed by atoms with van der Waals surface area (Å²) in [5.41, 5.74) is 7.58. The Bertz CT molecular complexity index is 1040. The van der Waals surface area contributed by atoms with Crippen molar-refractivity contribution >= 4 is 22.3 Å². The zero-order valence-electron chi connectivity index (χ0n) is 14.0. The normalized spacial score (nSPS) is 10.6. The Hall–Kier alpha value is -3.67. The maximum atomic E-state index is 6.18. The highest BCUT2D eigenvalue weighted by Crippen LogP contribution is 2.31. The Balaban J connectivity index is 1.54. The van der Waals surface area contributed by atoms with Crippen molar-refractivity contribution in [1.29, 1.82) is 0 Å². The van der Waals surface area contributed by atoms with Gasteiger partial charge in [0.05, 0.1) is 0 Å². The lowest BCUT2D eigenvalue weighted by atomic mass is 10.1. The van der Waals surface area contributed by atoms with Gasteiger partial charge in [-0.2, -0.15) is 4.98 Å². The molecule has 4 rings (SSSR count). The van der Waals surface area contributed by atoms with Crippen LogP contribution in [0.3, 0.4) is 0 Å². The van der Waals surface area contributed by atoms with Gasteiger partial charge in [-0.05, 0) is 34.5 Å². The molecule has 0 aliphatic heterocycles. The van der Waals surface area contributed by atoms with Crippen LogP contribution in [0.15, 0.2) is 73.3 Å². The van der Waals surface area contributed by atoms with E-state index in [1.807, 2.05) is 48.5 Å². The largest absolute Gasteiger partial charge is 0.437 e. The van der Waals surface area contributed by atoms with Gasteiger partial charge in [0.2, 0.25) is 5.88 Å². The molecular weight excluding hydrogens is 326 g/mol. The highest BCUT2D eigenvalue weighted by molar-refractivity contribution is 5.83. The van der Waals surface area contributed by atoms with Crippen molar-refractivity contribution in [2.45, 2.75) is 6.54 Å². The van der Waals surface area contributed by atoms with Crippen LogP contribution in [0.5, 0.6) is 11.6 Å². The maximum absolute atomic E-state index is 6.18. The summed E-state index contributed by atoms with van der Waals surface area (Å²) in [6.07, 6.45) is 4.95. The number of benzene rings is 2. The molecule has 0 aliphatic carbocycles. The molecule has 2 aromatic carbocycles. The molecule has 0 spiro atoms. The lowest BCUT2D eigenvalue weighted by Gasteiger charge is -2.12. The van der Waals surface area contributed by atoms with E-state index in [0.717, 1.165) is 16.3 Å². The predicted molar refractivity (Wildman–Crippen MR) is 102 cm³/mol. The highest BCUT2D eigenvalue weighted by atomic mass is 16.5. The molecule has 0 atom stereocenters. The van der Waals surface area contributed by atoms with E-state index in [-0.39, 0.29) is 0 Å². The Morgan fingerprint density at radius 3 is 2.69 bits per heavy atom. The first kappa shape index (κ1) is 15.8. The van der Waals surface area contributed by atoms with Gasteiger partial charge in [-0.3, -0.25) is 4.98 Å². The van der Waals surface area contributed by atoms with E-state index in [9.17, 15) is 0 Å². The van der Waals surface area contributed by atoms with Crippen LogP contribution in [0.25, 0.3) is 10.8 Å². The second-order valence-corrected chi connectivity index (χ2v) is 5.77. The monoisotopic (exact) mass is 343 g/mol. The molecule has 2 aromatic heterocycles. The first-order valence-electron chi connectivity index (χ1n) is 8.19. The zero-order valence-corrected chi connectivity index (χ0v) is 14.0. The topological polar surface area (TPSA) is 86.0 Å². The van der Waals surface area contributed by atoms with Crippen LogP contribution in [0.4, 0.5) is 11.5 Å². The maximum Gasteiger partial charge on any atom is 0.248 e. The molecule has 0 radical (unpaired) electrons. The van der Waals surface area contributed by atoms with Gasteiger partial charge in [0.15, 0.2) is 5.82 Å². The molecule has 0 bridgehead atoms. The van der Waals surface area contributed by atoms with Gasteiger partial charge in [0, 0.05) is 18.9 Å². The van der Waals surface area contributed by atoms with Crippen LogP contribution in [0.2, 0.25) is 0 Å². The minimum Gasteiger partial charge on any atom is -0.437 e. The summed E-state index contributed by atoms with van der Waals surface area (Å²) in [4.78, 5) is 12.4. The number of nitrogens with zero attached hydrogens (tertiary/aromatic N) is 3. The van der Waals surface area contributed by atoms with Crippen LogP contribution < -0.4 is 15.8 Å². The van der Waals surface area contributed by atoms with Crippen molar-refractivity contribution in [2.75, 3.05) is 11.1 Å². The molecule has 0 aliphatic rings. The molecule has 0 saturated carbocycles. The summed E-state index contributed by atoms with van der Waals surface area (Å²) in [6.45, 7) is 0.560. The molecule has 3 N–H and O–H groups in total. The summed E-state index contributed by atoms with van der Waals surface area (Å²) in [6, 6.07) is 17.8. The quantitative estimate of drug-likeness (QED) is 0.569. The number of ether oxygens (including phenoxy) is 1. The van der Waals surface area contributed by atoms with E-state index in [1.54, 1.807) is 12.4 Å². The molecule has 6 nitrogen and oxygen atoms in total. The summed E-state index contributed by atoms with van der Waals surface area (Å²) in [5.74, 6) is 1.52. The van der Waals surface area contributed by atoms with Crippen molar-refractivity contribution < 1.29 is 4.74 Å². The lowest BCUT2D eigenvalue weighted by Crippen LogP contribution is -2.06. The summed E-state index contributed by atoms with van der Waals surface area (Å²) >= 11 is 0. The second-order valence-electron chi connectivity index (χ2n) is 5.77. The standard InChI is InChI=1S/C20H17N5O/c21-18-19(23-12-14-4-3-9-22-11-14)24-13-25-20(18)26-17-8-7-15-5-1-2-6-16(15)10-17/h1-11,13H,12,21H2,(H,23,24,25). The zero-order chi connectivity index (χ0) is 17.8. The predicted octanol–water partition coefficient (Wildman–Crippen LogP) is 4.01. The number of hydrogen-bond acceptors (Lipinski definition) is 6. The number of nitrogens with one attached hydrogen (secondary N) is 1. The molecule has 128 valence electrons. The van der Waals surface area contributed by atoms with Crippen LogP contribution in [0.1, 0.15) is 5.56 Å². The fourth-order valence-corrected chi connectivity index (χ4v) is 2.63. The van der Waals surface area contributed by atoms with Gasteiger partial charge >= 0.3 is 0 Å². The van der Waals surface area contributed by atoms with Crippen LogP contribution in [0, 0.1) is 0 Å². The molecule has 4 aromatic rings. The number of nitrogen functional groups attached to an aromatic ring is 1. The number of nitrogens with two attached hydrogens (primary N) is 1. The minimum atomic E-state index is 0.323. The number of fused-ring (bicyclic) bond motifs is 1. The lowest BCUT2D eigenvalue weighted by molar-refractivity contribution is 0.465. The molecular formula is C20H17N5O. The van der Waals surface area contributed by atoms with Crippen molar-refractivity contribution in [3.63, 3.8) is 0 Å². The third-order valence-electron chi connectivity index (χ3n) is 3.97. The van der Waals surface area contributed by atoms with E-state index >= 15 is 0 Å². The van der Waals surface area contributed by atoms with Crippen molar-refractivity contribution in [2.24, 2.45) is 0 Å². The Kier molecular flexibility index (Phi) is 4.30. The van der Waals surface area contributed by atoms with Crippen molar-refractivity contribution in [1.82, 2.24) is 15.0 Å². The third-order valence-corrected chi connectivity index (χ3v) is 3.97. The molecule has 26 heavy (non-hydrogen) atoms. The van der Waals surface area contributed by atoms with E-state index in [4.69, 9.17) is 10.5 Å². The third kappa shape index (κ3) is 3.39. The van der Waals surface area contributed by atoms with Gasteiger partial charge in [0.25, 0.3) is 0 Å². The highest BCUT2D eigenvalue weighted by Gasteiger charge is 2.10. The van der Waals surface area contributed by atoms with Crippen molar-refractivity contribution in [3.8, 4) is 11.6 Å². The fraction of sp³-hybridized carbons (Fsp3) is 0.0500. The summed E-state index contributed by atoms with van der Waals surface area (Å²) in [5, 5.41) is 5.43. The van der Waals surface area contributed by atoms with E-state index < -0.39 is 0 Å². The van der Waals surface area contributed by atoms with E-state index in [0.29, 0.717) is 29.7 Å². The average molecular weight is 343 g/mol. The second kappa shape index (κ2) is 7.06. The van der Waals surface area contributed by atoms with Gasteiger partial charge in [-0.15, -0.1) is 0 Å². The van der Waals surface area contributed by atoms with Gasteiger partial charge in [0.1, 0.15) is 17.8 Å². The first-order valence-corrected chi connectivity index (χ1v) is 8.19. The Morgan fingerprint density at radius 2 is 1.85 bits per heavy atom. The fourth-order valence-electron chi connectivity index (χ4n) is 2.63. The van der Waals surface area contributed by atoms with Gasteiger partial charge < -0.3 is 15.8 Å². The number of aromatic nitrogens is 3. The van der Waals surface area contributed by atoms with E-state index in [1.165, 1.54) is 6.33 Å². The molecule has 0 amide bonds. The molecule has 2 heterocycles. The van der Waals surface area contributed by atoms with Crippen LogP contribution in [-0.4, -0.2) is 15.0 Å². The molecule has 6 heteroatoms. The smallest absolute Gasteiger partial charge is 0.248 e. The molecule has 0 fully saturated rings. The summed E-state index contributed by atoms with van der Waals surface area (Å²) in [7, 11) is 0. The van der Waals surface area contributed by atoms with Crippen LogP contribution >= 0.6 is 0 Å². The van der Waals surface area contributed by atoms with Gasteiger partial charge in [-0.25, -0.2) is 4.98 Å². The Labute approximate surface area is 150 Å². The number of hydrogen-bond donors (Lipinski definition) is 2. The SMILES string of the molecule is Nc1c(NCc2cccnc2)ncnc1Oc1ccc2ccccc2c1. The number of rotatable bonds is 5. The van der Waals surface area contributed by atoms with E-state index in [2.05, 4.69) is 26.3 Å². The minimum absolute atomic E-state index is 0.323. The van der Waals surface area contributed by atoms with Crippen LogP contribution in [-0.2, 0) is 6.54 Å². The van der Waals surface area contributed by atoms with Crippen molar-refractivity contribution in [3.05, 3.63) is 78.9 Å². The number of anilines is 2. The molecule has 0 saturated heterocycles. The first-order chi connectivity index (χ1) is 12.8. The van der Waals surface area contributed by atoms with Gasteiger partial charge in [-0.1, -0.05) is 36.4 Å². The Morgan fingerprint density at radius 1 is 0.962 bits per heavy atom. The average Bonchev–Trinajstić information content (AvgIpc) is 2.69.